The standard InChI is InChI=1S/C24H27N3O4S/c1-5-18(4)26-23(28)21-7-6-14-25-24(21)31-20-12-10-19(11-13-20)27-32(29,30)22-15-16(2)8-9-17(22)3/h6-15,18,27H,5H2,1-4H3,(H,26,28)/t18-/m0/s1. The summed E-state index contributed by atoms with van der Waals surface area (Å²) in [5.41, 5.74) is 2.26. The highest BCUT2D eigenvalue weighted by atomic mass is 32.2. The first kappa shape index (κ1) is 23.3. The SMILES string of the molecule is CC[C@H](C)NC(=O)c1cccnc1Oc1ccc(NS(=O)(=O)c2cc(C)ccc2C)cc1. The predicted molar refractivity (Wildman–Crippen MR) is 125 cm³/mol. The topological polar surface area (TPSA) is 97.4 Å². The fourth-order valence-corrected chi connectivity index (χ4v) is 4.35. The molecular formula is C24H27N3O4S. The van der Waals surface area contributed by atoms with Gasteiger partial charge < -0.3 is 10.1 Å². The van der Waals surface area contributed by atoms with E-state index in [1.54, 1.807) is 61.7 Å². The highest BCUT2D eigenvalue weighted by molar-refractivity contribution is 7.92. The lowest BCUT2D eigenvalue weighted by Gasteiger charge is -2.14. The van der Waals surface area contributed by atoms with Crippen LogP contribution < -0.4 is 14.8 Å². The van der Waals surface area contributed by atoms with Gasteiger partial charge in [0, 0.05) is 17.9 Å². The molecule has 0 saturated carbocycles. The van der Waals surface area contributed by atoms with Crippen molar-refractivity contribution in [2.45, 2.75) is 45.1 Å². The minimum atomic E-state index is -3.73. The smallest absolute Gasteiger partial charge is 0.262 e. The van der Waals surface area contributed by atoms with Gasteiger partial charge in [-0.05, 0) is 80.8 Å². The summed E-state index contributed by atoms with van der Waals surface area (Å²) in [7, 11) is -3.73. The molecule has 2 N–H and O–H groups in total. The van der Waals surface area contributed by atoms with E-state index >= 15 is 0 Å². The molecule has 3 aromatic rings. The highest BCUT2D eigenvalue weighted by Gasteiger charge is 2.18. The molecule has 0 bridgehead atoms. The van der Waals surface area contributed by atoms with Crippen molar-refractivity contribution in [1.29, 1.82) is 0 Å². The zero-order valence-corrected chi connectivity index (χ0v) is 19.4. The molecule has 0 aliphatic carbocycles. The molecule has 32 heavy (non-hydrogen) atoms. The van der Waals surface area contributed by atoms with E-state index in [9.17, 15) is 13.2 Å². The molecule has 0 fully saturated rings. The molecule has 1 amide bonds. The average molecular weight is 454 g/mol. The molecule has 0 radical (unpaired) electrons. The first-order valence-electron chi connectivity index (χ1n) is 10.3. The molecule has 0 aliphatic rings. The van der Waals surface area contributed by atoms with E-state index in [4.69, 9.17) is 4.74 Å². The Bertz CT molecular complexity index is 1210. The van der Waals surface area contributed by atoms with E-state index in [-0.39, 0.29) is 22.7 Å². The first-order valence-corrected chi connectivity index (χ1v) is 11.8. The molecule has 0 saturated heterocycles. The van der Waals surface area contributed by atoms with Crippen LogP contribution in [0.25, 0.3) is 0 Å². The van der Waals surface area contributed by atoms with E-state index < -0.39 is 10.0 Å². The Morgan fingerprint density at radius 2 is 1.81 bits per heavy atom. The van der Waals surface area contributed by atoms with Gasteiger partial charge in [-0.3, -0.25) is 9.52 Å². The summed E-state index contributed by atoms with van der Waals surface area (Å²) in [6.07, 6.45) is 2.35. The molecular weight excluding hydrogens is 426 g/mol. The maximum Gasteiger partial charge on any atom is 0.262 e. The molecule has 0 aliphatic heterocycles. The van der Waals surface area contributed by atoms with Gasteiger partial charge >= 0.3 is 0 Å². The van der Waals surface area contributed by atoms with Crippen LogP contribution >= 0.6 is 0 Å². The third-order valence-electron chi connectivity index (χ3n) is 4.96. The lowest BCUT2D eigenvalue weighted by molar-refractivity contribution is 0.0936. The van der Waals surface area contributed by atoms with E-state index in [1.165, 1.54) is 0 Å². The number of nitrogens with zero attached hydrogens (tertiary/aromatic N) is 1. The maximum atomic E-state index is 12.8. The summed E-state index contributed by atoms with van der Waals surface area (Å²) in [4.78, 5) is 16.9. The quantitative estimate of drug-likeness (QED) is 0.510. The fraction of sp³-hybridized carbons (Fsp3) is 0.250. The van der Waals surface area contributed by atoms with E-state index in [0.29, 0.717) is 22.6 Å². The number of ether oxygens (including phenoxy) is 1. The number of pyridine rings is 1. The molecule has 8 heteroatoms. The molecule has 0 unspecified atom stereocenters. The minimum Gasteiger partial charge on any atom is -0.438 e. The van der Waals surface area contributed by atoms with Gasteiger partial charge in [-0.1, -0.05) is 19.1 Å². The largest absolute Gasteiger partial charge is 0.438 e. The van der Waals surface area contributed by atoms with Crippen LogP contribution in [0, 0.1) is 13.8 Å². The van der Waals surface area contributed by atoms with Crippen LogP contribution in [0.5, 0.6) is 11.6 Å². The fourth-order valence-electron chi connectivity index (χ4n) is 2.96. The molecule has 1 heterocycles. The number of sulfonamides is 1. The summed E-state index contributed by atoms with van der Waals surface area (Å²) in [5.74, 6) is 0.341. The van der Waals surface area contributed by atoms with Crippen LogP contribution in [0.15, 0.2) is 65.7 Å². The zero-order chi connectivity index (χ0) is 23.3. The Labute approximate surface area is 188 Å². The lowest BCUT2D eigenvalue weighted by Crippen LogP contribution is -2.32. The average Bonchev–Trinajstić information content (AvgIpc) is 2.76. The van der Waals surface area contributed by atoms with Gasteiger partial charge in [-0.2, -0.15) is 0 Å². The maximum absolute atomic E-state index is 12.8. The number of carbonyl (C=O) groups excluding carboxylic acids is 1. The van der Waals surface area contributed by atoms with Crippen molar-refractivity contribution in [2.75, 3.05) is 4.72 Å². The van der Waals surface area contributed by atoms with Gasteiger partial charge in [-0.15, -0.1) is 0 Å². The van der Waals surface area contributed by atoms with Crippen LogP contribution in [-0.2, 0) is 10.0 Å². The summed E-state index contributed by atoms with van der Waals surface area (Å²) >= 11 is 0. The van der Waals surface area contributed by atoms with Crippen molar-refractivity contribution in [3.8, 4) is 11.6 Å². The third kappa shape index (κ3) is 5.64. The third-order valence-corrected chi connectivity index (χ3v) is 6.48. The first-order chi connectivity index (χ1) is 15.2. The molecule has 3 rings (SSSR count). The number of aryl methyl sites for hydroxylation is 2. The van der Waals surface area contributed by atoms with Crippen LogP contribution in [0.2, 0.25) is 0 Å². The number of amides is 1. The van der Waals surface area contributed by atoms with Gasteiger partial charge in [0.1, 0.15) is 11.3 Å². The Balaban J connectivity index is 1.76. The Morgan fingerprint density at radius 3 is 2.50 bits per heavy atom. The Morgan fingerprint density at radius 1 is 1.09 bits per heavy atom. The summed E-state index contributed by atoms with van der Waals surface area (Å²) in [6.45, 7) is 7.51. The van der Waals surface area contributed by atoms with Crippen molar-refractivity contribution < 1.29 is 17.9 Å². The van der Waals surface area contributed by atoms with Crippen molar-refractivity contribution >= 4 is 21.6 Å². The van der Waals surface area contributed by atoms with Crippen molar-refractivity contribution in [2.24, 2.45) is 0 Å². The van der Waals surface area contributed by atoms with Crippen LogP contribution in [0.4, 0.5) is 5.69 Å². The van der Waals surface area contributed by atoms with Gasteiger partial charge in [0.2, 0.25) is 5.88 Å². The number of nitrogens with one attached hydrogen (secondary N) is 2. The Kier molecular flexibility index (Phi) is 7.15. The number of carbonyl (C=O) groups is 1. The van der Waals surface area contributed by atoms with Crippen LogP contribution in [0.3, 0.4) is 0 Å². The van der Waals surface area contributed by atoms with E-state index in [1.807, 2.05) is 26.8 Å². The Hall–Kier alpha value is -3.39. The summed E-state index contributed by atoms with van der Waals surface area (Å²) in [5, 5.41) is 2.90. The predicted octanol–water partition coefficient (Wildman–Crippen LogP) is 4.82. The molecule has 7 nitrogen and oxygen atoms in total. The summed E-state index contributed by atoms with van der Waals surface area (Å²) in [6, 6.07) is 15.1. The monoisotopic (exact) mass is 453 g/mol. The normalized spacial score (nSPS) is 12.1. The van der Waals surface area contributed by atoms with Crippen molar-refractivity contribution in [3.05, 3.63) is 77.5 Å². The number of hydrogen-bond donors (Lipinski definition) is 2. The number of benzene rings is 2. The van der Waals surface area contributed by atoms with E-state index in [2.05, 4.69) is 15.0 Å². The van der Waals surface area contributed by atoms with E-state index in [0.717, 1.165) is 12.0 Å². The minimum absolute atomic E-state index is 0.0277. The number of rotatable bonds is 8. The second-order valence-electron chi connectivity index (χ2n) is 7.64. The van der Waals surface area contributed by atoms with Gasteiger partial charge in [-0.25, -0.2) is 13.4 Å². The van der Waals surface area contributed by atoms with Gasteiger partial charge in [0.25, 0.3) is 15.9 Å². The number of aromatic nitrogens is 1. The van der Waals surface area contributed by atoms with Crippen LogP contribution in [0.1, 0.15) is 41.8 Å². The highest BCUT2D eigenvalue weighted by Crippen LogP contribution is 2.26. The molecule has 168 valence electrons. The molecule has 1 aromatic heterocycles. The van der Waals surface area contributed by atoms with Crippen molar-refractivity contribution in [3.63, 3.8) is 0 Å². The molecule has 1 atom stereocenters. The van der Waals surface area contributed by atoms with Crippen molar-refractivity contribution in [1.82, 2.24) is 10.3 Å². The van der Waals surface area contributed by atoms with Gasteiger partial charge in [0.05, 0.1) is 4.90 Å². The molecule has 2 aromatic carbocycles. The summed E-state index contributed by atoms with van der Waals surface area (Å²) < 4.78 is 34.0. The second-order valence-corrected chi connectivity index (χ2v) is 9.29. The number of anilines is 1. The zero-order valence-electron chi connectivity index (χ0n) is 18.5. The molecule has 0 spiro atoms. The lowest BCUT2D eigenvalue weighted by atomic mass is 10.2. The van der Waals surface area contributed by atoms with Gasteiger partial charge in [0.15, 0.2) is 0 Å². The second kappa shape index (κ2) is 9.82. The van der Waals surface area contributed by atoms with Crippen LogP contribution in [-0.4, -0.2) is 25.4 Å². The number of hydrogen-bond acceptors (Lipinski definition) is 5.